The SMILES string of the molecule is O=C(Nc1ccccc1)C12CC3CC(CC(Br)(C3)C1)C2. The number of carbonyl (C=O) groups is 1. The number of benzene rings is 1. The molecule has 0 radical (unpaired) electrons. The van der Waals surface area contributed by atoms with Crippen molar-refractivity contribution < 1.29 is 4.79 Å². The van der Waals surface area contributed by atoms with Crippen LogP contribution < -0.4 is 5.32 Å². The fourth-order valence-corrected chi connectivity index (χ4v) is 6.65. The van der Waals surface area contributed by atoms with Crippen molar-refractivity contribution in [3.63, 3.8) is 0 Å². The zero-order valence-corrected chi connectivity index (χ0v) is 13.2. The first-order chi connectivity index (χ1) is 9.57. The molecule has 3 heteroatoms. The summed E-state index contributed by atoms with van der Waals surface area (Å²) in [5, 5.41) is 3.16. The van der Waals surface area contributed by atoms with Crippen LogP contribution in [-0.4, -0.2) is 10.2 Å². The Morgan fingerprint density at radius 3 is 2.35 bits per heavy atom. The van der Waals surface area contributed by atoms with Crippen LogP contribution in [0.25, 0.3) is 0 Å². The number of hydrogen-bond donors (Lipinski definition) is 1. The van der Waals surface area contributed by atoms with Gasteiger partial charge in [0.25, 0.3) is 0 Å². The molecular weight excluding hydrogens is 314 g/mol. The molecule has 2 atom stereocenters. The second-order valence-corrected chi connectivity index (χ2v) is 8.89. The van der Waals surface area contributed by atoms with Gasteiger partial charge in [0.05, 0.1) is 5.41 Å². The zero-order valence-electron chi connectivity index (χ0n) is 11.6. The van der Waals surface area contributed by atoms with E-state index >= 15 is 0 Å². The molecule has 0 heterocycles. The summed E-state index contributed by atoms with van der Waals surface area (Å²) in [5.41, 5.74) is 0.806. The molecule has 0 spiro atoms. The van der Waals surface area contributed by atoms with E-state index in [1.54, 1.807) is 0 Å². The first kappa shape index (κ1) is 12.9. The van der Waals surface area contributed by atoms with Crippen LogP contribution in [0, 0.1) is 17.3 Å². The number of rotatable bonds is 2. The van der Waals surface area contributed by atoms with Crippen LogP contribution in [-0.2, 0) is 4.79 Å². The number of alkyl halides is 1. The largest absolute Gasteiger partial charge is 0.326 e. The van der Waals surface area contributed by atoms with Gasteiger partial charge in [-0.25, -0.2) is 0 Å². The van der Waals surface area contributed by atoms with Gasteiger partial charge in [-0.3, -0.25) is 4.79 Å². The van der Waals surface area contributed by atoms with Crippen LogP contribution in [0.15, 0.2) is 30.3 Å². The lowest BCUT2D eigenvalue weighted by Gasteiger charge is -2.59. The van der Waals surface area contributed by atoms with Crippen molar-refractivity contribution in [3.8, 4) is 0 Å². The van der Waals surface area contributed by atoms with Gasteiger partial charge in [-0.05, 0) is 62.5 Å². The summed E-state index contributed by atoms with van der Waals surface area (Å²) >= 11 is 3.97. The van der Waals surface area contributed by atoms with Crippen LogP contribution in [0.2, 0.25) is 0 Å². The number of carbonyl (C=O) groups excluding carboxylic acids is 1. The molecule has 1 aromatic rings. The molecule has 4 bridgehead atoms. The van der Waals surface area contributed by atoms with Crippen LogP contribution in [0.3, 0.4) is 0 Å². The van der Waals surface area contributed by atoms with Gasteiger partial charge in [-0.15, -0.1) is 0 Å². The molecule has 20 heavy (non-hydrogen) atoms. The topological polar surface area (TPSA) is 29.1 Å². The molecule has 2 unspecified atom stereocenters. The van der Waals surface area contributed by atoms with Gasteiger partial charge in [0, 0.05) is 10.0 Å². The quantitative estimate of drug-likeness (QED) is 0.800. The van der Waals surface area contributed by atoms with Crippen LogP contribution in [0.1, 0.15) is 38.5 Å². The van der Waals surface area contributed by atoms with Gasteiger partial charge in [-0.2, -0.15) is 0 Å². The van der Waals surface area contributed by atoms with Gasteiger partial charge >= 0.3 is 0 Å². The molecule has 2 nitrogen and oxygen atoms in total. The Hall–Kier alpha value is -0.830. The Kier molecular flexibility index (Phi) is 2.79. The third kappa shape index (κ3) is 2.02. The lowest BCUT2D eigenvalue weighted by Crippen LogP contribution is -2.57. The van der Waals surface area contributed by atoms with Gasteiger partial charge in [0.1, 0.15) is 0 Å². The predicted molar refractivity (Wildman–Crippen MR) is 83.8 cm³/mol. The lowest BCUT2D eigenvalue weighted by molar-refractivity contribution is -0.138. The summed E-state index contributed by atoms with van der Waals surface area (Å²) in [4.78, 5) is 12.9. The third-order valence-electron chi connectivity index (χ3n) is 5.50. The van der Waals surface area contributed by atoms with E-state index in [0.29, 0.717) is 0 Å². The highest BCUT2D eigenvalue weighted by atomic mass is 79.9. The molecule has 1 amide bonds. The van der Waals surface area contributed by atoms with Gasteiger partial charge < -0.3 is 5.32 Å². The summed E-state index contributed by atoms with van der Waals surface area (Å²) < 4.78 is 0.241. The van der Waals surface area contributed by atoms with Crippen molar-refractivity contribution in [2.75, 3.05) is 5.32 Å². The second kappa shape index (κ2) is 4.33. The van der Waals surface area contributed by atoms with Crippen LogP contribution in [0.5, 0.6) is 0 Å². The maximum absolute atomic E-state index is 12.9. The summed E-state index contributed by atoms with van der Waals surface area (Å²) in [6, 6.07) is 9.88. The number of hydrogen-bond acceptors (Lipinski definition) is 1. The first-order valence-corrected chi connectivity index (χ1v) is 8.42. The molecule has 1 aromatic carbocycles. The summed E-state index contributed by atoms with van der Waals surface area (Å²) in [7, 11) is 0. The smallest absolute Gasteiger partial charge is 0.230 e. The predicted octanol–water partition coefficient (Wildman–Crippen LogP) is 4.36. The van der Waals surface area contributed by atoms with E-state index in [4.69, 9.17) is 0 Å². The summed E-state index contributed by atoms with van der Waals surface area (Å²) in [5.74, 6) is 1.75. The average Bonchev–Trinajstić information content (AvgIpc) is 2.37. The summed E-state index contributed by atoms with van der Waals surface area (Å²) in [6.45, 7) is 0. The second-order valence-electron chi connectivity index (χ2n) is 7.21. The van der Waals surface area contributed by atoms with Crippen molar-refractivity contribution in [2.24, 2.45) is 17.3 Å². The minimum Gasteiger partial charge on any atom is -0.326 e. The Labute approximate surface area is 128 Å². The lowest BCUT2D eigenvalue weighted by atomic mass is 9.49. The fraction of sp³-hybridized carbons (Fsp3) is 0.588. The van der Waals surface area contributed by atoms with E-state index in [2.05, 4.69) is 21.2 Å². The van der Waals surface area contributed by atoms with Crippen molar-refractivity contribution in [2.45, 2.75) is 42.8 Å². The molecule has 4 aliphatic rings. The Morgan fingerprint density at radius 1 is 1.10 bits per heavy atom. The highest BCUT2D eigenvalue weighted by Crippen LogP contribution is 2.64. The first-order valence-electron chi connectivity index (χ1n) is 7.62. The molecule has 5 rings (SSSR count). The average molecular weight is 334 g/mol. The molecule has 106 valence electrons. The molecule has 1 N–H and O–H groups in total. The van der Waals surface area contributed by atoms with Gasteiger partial charge in [0.15, 0.2) is 0 Å². The van der Waals surface area contributed by atoms with Crippen LogP contribution in [0.4, 0.5) is 5.69 Å². The van der Waals surface area contributed by atoms with E-state index in [1.807, 2.05) is 30.3 Å². The summed E-state index contributed by atoms with van der Waals surface area (Å²) in [6.07, 6.45) is 7.08. The van der Waals surface area contributed by atoms with Crippen molar-refractivity contribution in [3.05, 3.63) is 30.3 Å². The molecule has 0 aromatic heterocycles. The third-order valence-corrected chi connectivity index (χ3v) is 6.43. The molecular formula is C17H20BrNO. The van der Waals surface area contributed by atoms with Gasteiger partial charge in [0.2, 0.25) is 5.91 Å². The van der Waals surface area contributed by atoms with Gasteiger partial charge in [-0.1, -0.05) is 34.1 Å². The van der Waals surface area contributed by atoms with Crippen molar-refractivity contribution in [1.82, 2.24) is 0 Å². The molecule has 4 aliphatic carbocycles. The molecule has 0 aliphatic heterocycles. The minimum absolute atomic E-state index is 0.122. The van der Waals surface area contributed by atoms with E-state index < -0.39 is 0 Å². The zero-order chi connectivity index (χ0) is 13.8. The Bertz CT molecular complexity index is 527. The maximum Gasteiger partial charge on any atom is 0.230 e. The number of halogens is 1. The van der Waals surface area contributed by atoms with E-state index in [1.165, 1.54) is 19.3 Å². The van der Waals surface area contributed by atoms with E-state index in [0.717, 1.165) is 36.8 Å². The Morgan fingerprint density at radius 2 is 1.75 bits per heavy atom. The molecule has 4 saturated carbocycles. The fourth-order valence-electron chi connectivity index (χ4n) is 5.20. The highest BCUT2D eigenvalue weighted by molar-refractivity contribution is 9.10. The number of nitrogens with one attached hydrogen (secondary N) is 1. The monoisotopic (exact) mass is 333 g/mol. The van der Waals surface area contributed by atoms with E-state index in [-0.39, 0.29) is 15.6 Å². The number of para-hydroxylation sites is 1. The minimum atomic E-state index is -0.122. The normalized spacial score (nSPS) is 41.6. The molecule has 4 fully saturated rings. The van der Waals surface area contributed by atoms with E-state index in [9.17, 15) is 4.79 Å². The number of anilines is 1. The maximum atomic E-state index is 12.9. The van der Waals surface area contributed by atoms with Crippen molar-refractivity contribution in [1.29, 1.82) is 0 Å². The molecule has 0 saturated heterocycles. The van der Waals surface area contributed by atoms with Crippen molar-refractivity contribution >= 4 is 27.5 Å². The van der Waals surface area contributed by atoms with Crippen LogP contribution >= 0.6 is 15.9 Å². The standard InChI is InChI=1S/C17H20BrNO/c18-17-9-12-6-13(10-17)8-16(7-12,11-17)15(20)19-14-4-2-1-3-5-14/h1-5,12-13H,6-11H2,(H,19,20). The Balaban J connectivity index is 1.60. The number of amides is 1. The highest BCUT2D eigenvalue weighted by Gasteiger charge is 2.59.